The van der Waals surface area contributed by atoms with Crippen molar-refractivity contribution in [3.8, 4) is 5.75 Å². The van der Waals surface area contributed by atoms with Crippen LogP contribution in [0.4, 0.5) is 0 Å². The summed E-state index contributed by atoms with van der Waals surface area (Å²) in [6, 6.07) is 11.3. The molecule has 0 heterocycles. The maximum absolute atomic E-state index is 12.5. The number of hydrogen-bond acceptors (Lipinski definition) is 6. The monoisotopic (exact) mass is 514 g/mol. The molecule has 2 rings (SSSR count). The van der Waals surface area contributed by atoms with Crippen LogP contribution in [0.1, 0.15) is 12.0 Å². The number of carboxylic acids is 1. The number of hydroxylamine groups is 1. The van der Waals surface area contributed by atoms with Crippen molar-refractivity contribution in [1.82, 2.24) is 10.2 Å². The molecule has 0 spiro atoms. The van der Waals surface area contributed by atoms with E-state index in [2.05, 4.69) is 26.1 Å². The predicted octanol–water partition coefficient (Wildman–Crippen LogP) is 1.61. The van der Waals surface area contributed by atoms with E-state index < -0.39 is 22.0 Å². The number of hydrogen-bond donors (Lipinski definition) is 5. The lowest BCUT2D eigenvalue weighted by atomic mass is 10.1. The van der Waals surface area contributed by atoms with Gasteiger partial charge in [0.2, 0.25) is 16.0 Å². The molecule has 0 saturated heterocycles. The zero-order valence-corrected chi connectivity index (χ0v) is 18.8. The Morgan fingerprint density at radius 3 is 2.35 bits per heavy atom. The van der Waals surface area contributed by atoms with E-state index in [1.54, 1.807) is 36.4 Å². The second kappa shape index (κ2) is 11.6. The SMILES string of the molecule is N=C(N)NOCCCOc1ccc(C[C@H](NS(=O)(=O)c2ccc(Br)cc2)C(=O)O)cc1. The molecule has 2 aromatic carbocycles. The smallest absolute Gasteiger partial charge is 0.322 e. The number of carbonyl (C=O) groups is 1. The van der Waals surface area contributed by atoms with E-state index in [0.29, 0.717) is 35.4 Å². The van der Waals surface area contributed by atoms with Crippen molar-refractivity contribution >= 4 is 37.9 Å². The summed E-state index contributed by atoms with van der Waals surface area (Å²) < 4.78 is 33.5. The van der Waals surface area contributed by atoms with Crippen molar-refractivity contribution in [3.05, 3.63) is 58.6 Å². The molecule has 31 heavy (non-hydrogen) atoms. The molecular weight excluding hydrogens is 492 g/mol. The number of sulfonamides is 1. The van der Waals surface area contributed by atoms with E-state index in [1.165, 1.54) is 12.1 Å². The van der Waals surface area contributed by atoms with E-state index in [0.717, 1.165) is 0 Å². The number of nitrogens with two attached hydrogens (primary N) is 1. The van der Waals surface area contributed by atoms with Crippen molar-refractivity contribution in [2.24, 2.45) is 5.73 Å². The van der Waals surface area contributed by atoms with E-state index >= 15 is 0 Å². The molecule has 0 saturated carbocycles. The molecule has 0 aromatic heterocycles. The topological polar surface area (TPSA) is 164 Å². The van der Waals surface area contributed by atoms with Gasteiger partial charge in [0.25, 0.3) is 0 Å². The summed E-state index contributed by atoms with van der Waals surface area (Å²) in [7, 11) is -3.99. The number of carboxylic acid groups (broad SMARTS) is 1. The highest BCUT2D eigenvalue weighted by Gasteiger charge is 2.25. The number of benzene rings is 2. The molecule has 0 radical (unpaired) electrons. The summed E-state index contributed by atoms with van der Waals surface area (Å²) in [4.78, 5) is 16.5. The second-order valence-corrected chi connectivity index (χ2v) is 9.01. The minimum Gasteiger partial charge on any atom is -0.494 e. The quantitative estimate of drug-likeness (QED) is 0.123. The van der Waals surface area contributed by atoms with Crippen molar-refractivity contribution < 1.29 is 27.9 Å². The molecule has 1 atom stereocenters. The Bertz CT molecular complexity index is 983. The zero-order valence-electron chi connectivity index (χ0n) is 16.4. The van der Waals surface area contributed by atoms with E-state index in [4.69, 9.17) is 20.7 Å². The highest BCUT2D eigenvalue weighted by molar-refractivity contribution is 9.10. The lowest BCUT2D eigenvalue weighted by molar-refractivity contribution is -0.138. The van der Waals surface area contributed by atoms with Gasteiger partial charge < -0.3 is 15.6 Å². The molecule has 0 fully saturated rings. The Labute approximate surface area is 188 Å². The normalized spacial score (nSPS) is 12.2. The molecule has 12 heteroatoms. The summed E-state index contributed by atoms with van der Waals surface area (Å²) in [6.07, 6.45) is 0.525. The van der Waals surface area contributed by atoms with Crippen LogP contribution < -0.4 is 20.7 Å². The van der Waals surface area contributed by atoms with Gasteiger partial charge in [0.05, 0.1) is 18.1 Å². The minimum atomic E-state index is -3.99. The van der Waals surface area contributed by atoms with Gasteiger partial charge in [-0.1, -0.05) is 28.1 Å². The van der Waals surface area contributed by atoms with Crippen molar-refractivity contribution in [2.75, 3.05) is 13.2 Å². The van der Waals surface area contributed by atoms with Crippen molar-refractivity contribution in [1.29, 1.82) is 5.41 Å². The number of aliphatic carboxylic acids is 1. The van der Waals surface area contributed by atoms with Crippen molar-refractivity contribution in [2.45, 2.75) is 23.8 Å². The first kappa shape index (κ1) is 24.6. The fourth-order valence-electron chi connectivity index (χ4n) is 2.46. The predicted molar refractivity (Wildman–Crippen MR) is 117 cm³/mol. The number of ether oxygens (including phenoxy) is 1. The van der Waals surface area contributed by atoms with Crippen LogP contribution in [0.2, 0.25) is 0 Å². The Hall–Kier alpha value is -2.67. The highest BCUT2D eigenvalue weighted by Crippen LogP contribution is 2.17. The highest BCUT2D eigenvalue weighted by atomic mass is 79.9. The molecular formula is C19H23BrN4O6S. The minimum absolute atomic E-state index is 0.0202. The third-order valence-electron chi connectivity index (χ3n) is 3.92. The lowest BCUT2D eigenvalue weighted by Gasteiger charge is -2.15. The van der Waals surface area contributed by atoms with Gasteiger partial charge in [0.15, 0.2) is 0 Å². The molecule has 0 unspecified atom stereocenters. The Morgan fingerprint density at radius 1 is 1.13 bits per heavy atom. The average Bonchev–Trinajstić information content (AvgIpc) is 2.71. The summed E-state index contributed by atoms with van der Waals surface area (Å²) in [5.41, 5.74) is 7.92. The van der Waals surface area contributed by atoms with E-state index in [-0.39, 0.29) is 17.3 Å². The van der Waals surface area contributed by atoms with Crippen LogP contribution in [0.5, 0.6) is 5.75 Å². The van der Waals surface area contributed by atoms with Gasteiger partial charge in [0.1, 0.15) is 11.8 Å². The third kappa shape index (κ3) is 8.53. The third-order valence-corrected chi connectivity index (χ3v) is 5.94. The molecule has 0 amide bonds. The van der Waals surface area contributed by atoms with Crippen LogP contribution in [0.3, 0.4) is 0 Å². The molecule has 0 aliphatic rings. The Balaban J connectivity index is 1.90. The fraction of sp³-hybridized carbons (Fsp3) is 0.263. The first-order chi connectivity index (χ1) is 14.7. The second-order valence-electron chi connectivity index (χ2n) is 6.38. The van der Waals surface area contributed by atoms with Gasteiger partial charge in [-0.3, -0.25) is 15.0 Å². The average molecular weight is 515 g/mol. The lowest BCUT2D eigenvalue weighted by Crippen LogP contribution is -2.42. The summed E-state index contributed by atoms with van der Waals surface area (Å²) >= 11 is 3.23. The molecule has 0 bridgehead atoms. The van der Waals surface area contributed by atoms with Gasteiger partial charge >= 0.3 is 5.97 Å². The van der Waals surface area contributed by atoms with Crippen LogP contribution in [0.25, 0.3) is 0 Å². The first-order valence-electron chi connectivity index (χ1n) is 9.11. The largest absolute Gasteiger partial charge is 0.494 e. The van der Waals surface area contributed by atoms with Gasteiger partial charge in [-0.15, -0.1) is 0 Å². The Morgan fingerprint density at radius 2 is 1.77 bits per heavy atom. The summed E-state index contributed by atoms with van der Waals surface area (Å²) in [6.45, 7) is 0.667. The van der Waals surface area contributed by atoms with Crippen LogP contribution in [0.15, 0.2) is 57.9 Å². The van der Waals surface area contributed by atoms with Gasteiger partial charge in [-0.25, -0.2) is 13.9 Å². The van der Waals surface area contributed by atoms with Gasteiger partial charge in [0, 0.05) is 10.9 Å². The van der Waals surface area contributed by atoms with Gasteiger partial charge in [-0.05, 0) is 48.4 Å². The van der Waals surface area contributed by atoms with E-state index in [9.17, 15) is 18.3 Å². The van der Waals surface area contributed by atoms with Crippen LogP contribution in [-0.4, -0.2) is 44.7 Å². The van der Waals surface area contributed by atoms with Crippen LogP contribution in [-0.2, 0) is 26.1 Å². The molecule has 0 aliphatic heterocycles. The molecule has 10 nitrogen and oxygen atoms in total. The summed E-state index contributed by atoms with van der Waals surface area (Å²) in [5, 5.41) is 16.4. The van der Waals surface area contributed by atoms with Gasteiger partial charge in [-0.2, -0.15) is 4.72 Å². The standard InChI is InChI=1S/C19H23BrN4O6S/c20-14-4-8-16(9-5-14)31(27,28)24-17(18(25)26)12-13-2-6-15(7-3-13)29-10-1-11-30-23-19(21)22/h2-9,17,24H,1,10-12H2,(H,25,26)(H4,21,22,23)/t17-/m0/s1. The first-order valence-corrected chi connectivity index (χ1v) is 11.4. The molecule has 168 valence electrons. The number of halogens is 1. The van der Waals surface area contributed by atoms with Crippen LogP contribution >= 0.6 is 15.9 Å². The Kier molecular flexibility index (Phi) is 9.24. The number of nitrogens with one attached hydrogen (secondary N) is 3. The summed E-state index contributed by atoms with van der Waals surface area (Å²) in [5.74, 6) is -0.985. The maximum Gasteiger partial charge on any atom is 0.322 e. The fourth-order valence-corrected chi connectivity index (χ4v) is 3.91. The maximum atomic E-state index is 12.5. The molecule has 2 aromatic rings. The van der Waals surface area contributed by atoms with Crippen LogP contribution in [0, 0.1) is 5.41 Å². The van der Waals surface area contributed by atoms with E-state index in [1.807, 2.05) is 0 Å². The molecule has 0 aliphatic carbocycles. The zero-order chi connectivity index (χ0) is 22.9. The number of rotatable bonds is 12. The number of guanidine groups is 1. The molecule has 6 N–H and O–H groups in total. The van der Waals surface area contributed by atoms with Crippen molar-refractivity contribution in [3.63, 3.8) is 0 Å².